The molecule has 0 fully saturated rings. The number of benzene rings is 1. The van der Waals surface area contributed by atoms with Gasteiger partial charge in [0.2, 0.25) is 0 Å². The molecule has 2 rings (SSSR count). The number of fused-ring (bicyclic) bond motifs is 1. The minimum Gasteiger partial charge on any atom is -0.443 e. The van der Waals surface area contributed by atoms with Gasteiger partial charge >= 0.3 is 6.09 Å². The largest absolute Gasteiger partial charge is 0.443 e. The van der Waals surface area contributed by atoms with Crippen LogP contribution in [0.4, 0.5) is 4.79 Å². The summed E-state index contributed by atoms with van der Waals surface area (Å²) >= 11 is 0. The third kappa shape index (κ3) is 4.73. The Morgan fingerprint density at radius 1 is 1.36 bits per heavy atom. The van der Waals surface area contributed by atoms with E-state index in [0.717, 1.165) is 5.39 Å². The lowest BCUT2D eigenvalue weighted by Gasteiger charge is -2.20. The fourth-order valence-electron chi connectivity index (χ4n) is 2.43. The summed E-state index contributed by atoms with van der Waals surface area (Å²) in [5.41, 5.74) is 8.81. The van der Waals surface area contributed by atoms with E-state index in [1.807, 2.05) is 0 Å². The molecule has 0 aliphatic rings. The van der Waals surface area contributed by atoms with E-state index < -0.39 is 23.9 Å². The van der Waals surface area contributed by atoms with Gasteiger partial charge in [0.25, 0.3) is 0 Å². The Kier molecular flexibility index (Phi) is 5.69. The van der Waals surface area contributed by atoms with Crippen molar-refractivity contribution in [3.8, 4) is 0 Å². The summed E-state index contributed by atoms with van der Waals surface area (Å²) in [6.07, 6.45) is -0.876. The molecule has 0 aliphatic carbocycles. The first kappa shape index (κ1) is 18.8. The van der Waals surface area contributed by atoms with Gasteiger partial charge in [0.1, 0.15) is 11.7 Å². The average molecular weight is 346 g/mol. The molecule has 2 N–H and O–H groups in total. The number of carbonyl (C=O) groups excluding carboxylic acids is 1. The lowest BCUT2D eigenvalue weighted by molar-refractivity contribution is 0.0151. The second kappa shape index (κ2) is 7.57. The highest BCUT2D eigenvalue weighted by Crippen LogP contribution is 2.25. The number of ether oxygens (including phenoxy) is 1. The number of carbonyl (C=O) groups is 1. The van der Waals surface area contributed by atoms with Gasteiger partial charge in [0.15, 0.2) is 0 Å². The molecule has 0 aliphatic heterocycles. The quantitative estimate of drug-likeness (QED) is 0.489. The van der Waals surface area contributed by atoms with Gasteiger partial charge in [-0.3, -0.25) is 4.57 Å². The summed E-state index contributed by atoms with van der Waals surface area (Å²) < 4.78 is 6.75. The zero-order valence-electron chi connectivity index (χ0n) is 14.5. The molecule has 134 valence electrons. The summed E-state index contributed by atoms with van der Waals surface area (Å²) in [5, 5.41) is 24.3. The second-order valence-corrected chi connectivity index (χ2v) is 6.74. The molecule has 2 unspecified atom stereocenters. The molecule has 25 heavy (non-hydrogen) atoms. The predicted molar refractivity (Wildman–Crippen MR) is 93.2 cm³/mol. The van der Waals surface area contributed by atoms with Gasteiger partial charge in [-0.1, -0.05) is 11.2 Å². The topological polar surface area (TPSA) is 120 Å². The molecule has 1 aromatic heterocycles. The summed E-state index contributed by atoms with van der Waals surface area (Å²) in [6.45, 7) is 5.49. The molecule has 0 bridgehead atoms. The Morgan fingerprint density at radius 3 is 2.72 bits per heavy atom. The van der Waals surface area contributed by atoms with Crippen LogP contribution in [0.2, 0.25) is 0 Å². The van der Waals surface area contributed by atoms with Crippen molar-refractivity contribution in [3.05, 3.63) is 46.5 Å². The highest BCUT2D eigenvalue weighted by atomic mass is 16.6. The molecule has 1 heterocycles. The van der Waals surface area contributed by atoms with Crippen LogP contribution in [0.3, 0.4) is 0 Å². The Labute approximate surface area is 145 Å². The molecular formula is C17H22N4O4. The van der Waals surface area contributed by atoms with Crippen molar-refractivity contribution in [1.29, 1.82) is 0 Å². The van der Waals surface area contributed by atoms with Crippen molar-refractivity contribution in [1.82, 2.24) is 4.57 Å². The number of hydrogen-bond donors (Lipinski definition) is 2. The van der Waals surface area contributed by atoms with E-state index in [0.29, 0.717) is 11.1 Å². The van der Waals surface area contributed by atoms with Crippen LogP contribution in [0.15, 0.2) is 35.6 Å². The van der Waals surface area contributed by atoms with Crippen LogP contribution in [0, 0.1) is 0 Å². The zero-order chi connectivity index (χ0) is 18.6. The number of aliphatic hydroxyl groups excluding tert-OH is 2. The SMILES string of the molecule is CC(C)(C)OC(=O)n1ccc2cc(C(O)C(O)CCN=[N+]=[N-])ccc21. The van der Waals surface area contributed by atoms with Crippen LogP contribution in [0.1, 0.15) is 38.9 Å². The van der Waals surface area contributed by atoms with Gasteiger partial charge < -0.3 is 14.9 Å². The standard InChI is InChI=1S/C17H22N4O4/c1-17(2,3)25-16(24)21-9-7-11-10-12(4-5-13(11)21)15(23)14(22)6-8-19-20-18/h4-5,7,9-10,14-15,22-23H,6,8H2,1-3H3. The maximum absolute atomic E-state index is 12.2. The van der Waals surface area contributed by atoms with Gasteiger partial charge in [0.05, 0.1) is 11.6 Å². The Bertz CT molecular complexity index is 803. The fourth-order valence-corrected chi connectivity index (χ4v) is 2.43. The van der Waals surface area contributed by atoms with Crippen molar-refractivity contribution in [2.45, 2.75) is 45.0 Å². The first-order valence-corrected chi connectivity index (χ1v) is 7.94. The van der Waals surface area contributed by atoms with Crippen LogP contribution in [0.25, 0.3) is 21.3 Å². The molecule has 2 atom stereocenters. The van der Waals surface area contributed by atoms with E-state index in [4.69, 9.17) is 10.3 Å². The molecule has 0 radical (unpaired) electrons. The number of aliphatic hydroxyl groups is 2. The number of rotatable bonds is 5. The first-order valence-electron chi connectivity index (χ1n) is 7.94. The van der Waals surface area contributed by atoms with Crippen LogP contribution >= 0.6 is 0 Å². The maximum Gasteiger partial charge on any atom is 0.418 e. The number of nitrogens with zero attached hydrogens (tertiary/aromatic N) is 4. The highest BCUT2D eigenvalue weighted by Gasteiger charge is 2.21. The Morgan fingerprint density at radius 2 is 2.08 bits per heavy atom. The molecule has 0 saturated heterocycles. The summed E-state index contributed by atoms with van der Waals surface area (Å²) in [6, 6.07) is 6.78. The van der Waals surface area contributed by atoms with Gasteiger partial charge in [-0.2, -0.15) is 0 Å². The van der Waals surface area contributed by atoms with Gasteiger partial charge in [-0.05, 0) is 56.5 Å². The van der Waals surface area contributed by atoms with Gasteiger partial charge in [-0.15, -0.1) is 0 Å². The molecule has 0 saturated carbocycles. The predicted octanol–water partition coefficient (Wildman–Crippen LogP) is 3.52. The smallest absolute Gasteiger partial charge is 0.418 e. The molecule has 0 spiro atoms. The molecule has 1 aromatic carbocycles. The van der Waals surface area contributed by atoms with E-state index in [2.05, 4.69) is 10.0 Å². The number of aromatic nitrogens is 1. The Balaban J connectivity index is 2.21. The monoisotopic (exact) mass is 346 g/mol. The van der Waals surface area contributed by atoms with Crippen molar-refractivity contribution < 1.29 is 19.7 Å². The van der Waals surface area contributed by atoms with E-state index in [1.54, 1.807) is 51.2 Å². The highest BCUT2D eigenvalue weighted by molar-refractivity contribution is 5.90. The van der Waals surface area contributed by atoms with Gasteiger partial charge in [0, 0.05) is 23.0 Å². The summed E-state index contributed by atoms with van der Waals surface area (Å²) in [7, 11) is 0. The van der Waals surface area contributed by atoms with E-state index in [9.17, 15) is 15.0 Å². The van der Waals surface area contributed by atoms with Crippen molar-refractivity contribution in [3.63, 3.8) is 0 Å². The van der Waals surface area contributed by atoms with Gasteiger partial charge in [-0.25, -0.2) is 4.79 Å². The lowest BCUT2D eigenvalue weighted by atomic mass is 10.0. The van der Waals surface area contributed by atoms with Crippen LogP contribution < -0.4 is 0 Å². The molecule has 8 nitrogen and oxygen atoms in total. The maximum atomic E-state index is 12.2. The molecule has 2 aromatic rings. The zero-order valence-corrected chi connectivity index (χ0v) is 14.5. The minimum absolute atomic E-state index is 0.103. The van der Waals surface area contributed by atoms with Crippen molar-refractivity contribution in [2.75, 3.05) is 6.54 Å². The number of hydrogen-bond acceptors (Lipinski definition) is 5. The summed E-state index contributed by atoms with van der Waals surface area (Å²) in [4.78, 5) is 14.8. The average Bonchev–Trinajstić information content (AvgIpc) is 2.95. The van der Waals surface area contributed by atoms with Crippen LogP contribution in [0.5, 0.6) is 0 Å². The minimum atomic E-state index is -1.11. The normalized spacial score (nSPS) is 14.0. The third-order valence-electron chi connectivity index (χ3n) is 3.60. The van der Waals surface area contributed by atoms with Crippen molar-refractivity contribution in [2.24, 2.45) is 5.11 Å². The van der Waals surface area contributed by atoms with E-state index in [-0.39, 0.29) is 13.0 Å². The lowest BCUT2D eigenvalue weighted by Crippen LogP contribution is -2.26. The van der Waals surface area contributed by atoms with Crippen LogP contribution in [-0.2, 0) is 4.74 Å². The van der Waals surface area contributed by atoms with Crippen molar-refractivity contribution >= 4 is 17.0 Å². The van der Waals surface area contributed by atoms with E-state index in [1.165, 1.54) is 4.57 Å². The third-order valence-corrected chi connectivity index (χ3v) is 3.60. The molecule has 8 heteroatoms. The fraction of sp³-hybridized carbons (Fsp3) is 0.471. The summed E-state index contributed by atoms with van der Waals surface area (Å²) in [5.74, 6) is 0. The number of azide groups is 1. The molecular weight excluding hydrogens is 324 g/mol. The Hall–Kier alpha value is -2.54. The van der Waals surface area contributed by atoms with Crippen LogP contribution in [-0.4, -0.2) is 39.1 Å². The van der Waals surface area contributed by atoms with E-state index >= 15 is 0 Å². The first-order chi connectivity index (χ1) is 11.7. The second-order valence-electron chi connectivity index (χ2n) is 6.74. The molecule has 0 amide bonds.